The van der Waals surface area contributed by atoms with Crippen molar-refractivity contribution in [3.63, 3.8) is 0 Å². The Labute approximate surface area is 149 Å². The Kier molecular flexibility index (Phi) is 17.8. The van der Waals surface area contributed by atoms with Gasteiger partial charge in [-0.2, -0.15) is 0 Å². The quantitative estimate of drug-likeness (QED) is 0.165. The molecule has 0 aromatic rings. The smallest absolute Gasteiger partial charge is 0.306 e. The molecule has 0 amide bonds. The van der Waals surface area contributed by atoms with Crippen LogP contribution in [-0.4, -0.2) is 18.4 Å². The number of unbranched alkanes of at least 4 members (excludes halogenated alkanes) is 14. The lowest BCUT2D eigenvalue weighted by molar-refractivity contribution is -0.150. The maximum Gasteiger partial charge on any atom is 0.306 e. The largest absolute Gasteiger partial charge is 0.455 e. The summed E-state index contributed by atoms with van der Waals surface area (Å²) in [6, 6.07) is 0. The van der Waals surface area contributed by atoms with Gasteiger partial charge in [-0.1, -0.05) is 96.8 Å². The Bertz CT molecular complexity index is 289. The van der Waals surface area contributed by atoms with Crippen LogP contribution in [0.15, 0.2) is 0 Å². The number of hydrogen-bond donors (Lipinski definition) is 0. The normalized spacial score (nSPS) is 12.1. The predicted octanol–water partition coefficient (Wildman–Crippen LogP) is 6.38. The van der Waals surface area contributed by atoms with Crippen molar-refractivity contribution in [1.29, 1.82) is 0 Å². The van der Waals surface area contributed by atoms with Crippen LogP contribution in [0, 0.1) is 0 Å². The lowest BCUT2D eigenvalue weighted by Gasteiger charge is -2.06. The van der Waals surface area contributed by atoms with Crippen LogP contribution in [0.4, 0.5) is 0 Å². The first-order valence-electron chi connectivity index (χ1n) is 10.4. The molecule has 0 rings (SSSR count). The Balaban J connectivity index is 3.12. The number of carbonyl (C=O) groups is 2. The lowest BCUT2D eigenvalue weighted by atomic mass is 10.0. The highest BCUT2D eigenvalue weighted by atomic mass is 16.5. The third-order valence-electron chi connectivity index (χ3n) is 4.49. The number of rotatable bonds is 18. The molecule has 0 fully saturated rings. The van der Waals surface area contributed by atoms with Crippen LogP contribution >= 0.6 is 0 Å². The molecule has 1 unspecified atom stereocenters. The zero-order valence-electron chi connectivity index (χ0n) is 16.2. The van der Waals surface area contributed by atoms with E-state index in [-0.39, 0.29) is 5.97 Å². The fraction of sp³-hybridized carbons (Fsp3) is 0.905. The summed E-state index contributed by atoms with van der Waals surface area (Å²) in [6.07, 6.45) is 20.2. The number of carbonyl (C=O) groups excluding carboxylic acids is 2. The van der Waals surface area contributed by atoms with E-state index in [4.69, 9.17) is 4.74 Å². The van der Waals surface area contributed by atoms with Crippen molar-refractivity contribution in [3.8, 4) is 0 Å². The molecular weight excluding hydrogens is 300 g/mol. The first-order valence-corrected chi connectivity index (χ1v) is 10.4. The molecule has 1 atom stereocenters. The van der Waals surface area contributed by atoms with Crippen LogP contribution in [0.2, 0.25) is 0 Å². The Morgan fingerprint density at radius 2 is 1.12 bits per heavy atom. The van der Waals surface area contributed by atoms with Gasteiger partial charge in [0.2, 0.25) is 0 Å². The highest BCUT2D eigenvalue weighted by Crippen LogP contribution is 2.13. The zero-order valence-corrected chi connectivity index (χ0v) is 16.2. The first kappa shape index (κ1) is 23.1. The minimum atomic E-state index is -0.603. The lowest BCUT2D eigenvalue weighted by Crippen LogP contribution is -2.15. The van der Waals surface area contributed by atoms with Crippen LogP contribution in [0.3, 0.4) is 0 Å². The third-order valence-corrected chi connectivity index (χ3v) is 4.49. The molecule has 0 aliphatic heterocycles. The molecular formula is C21H40O3. The molecule has 0 spiro atoms. The predicted molar refractivity (Wildman–Crippen MR) is 101 cm³/mol. The summed E-state index contributed by atoms with van der Waals surface area (Å²) < 4.78 is 4.91. The number of ether oxygens (including phenoxy) is 1. The van der Waals surface area contributed by atoms with Gasteiger partial charge in [-0.25, -0.2) is 0 Å². The summed E-state index contributed by atoms with van der Waals surface area (Å²) in [5.74, 6) is -0.246. The molecule has 3 nitrogen and oxygen atoms in total. The SMILES string of the molecule is CCCCCCCCCCCCCCCCCC(=O)OC(C)C=O. The van der Waals surface area contributed by atoms with Crippen LogP contribution in [0.5, 0.6) is 0 Å². The fourth-order valence-electron chi connectivity index (χ4n) is 2.93. The topological polar surface area (TPSA) is 43.4 Å². The van der Waals surface area contributed by atoms with Gasteiger partial charge >= 0.3 is 5.97 Å². The molecule has 0 saturated carbocycles. The molecule has 142 valence electrons. The second-order valence-corrected chi connectivity index (χ2v) is 7.03. The van der Waals surface area contributed by atoms with Crippen molar-refractivity contribution in [3.05, 3.63) is 0 Å². The minimum absolute atomic E-state index is 0.246. The Morgan fingerprint density at radius 1 is 0.750 bits per heavy atom. The van der Waals surface area contributed by atoms with Gasteiger partial charge in [0.25, 0.3) is 0 Å². The molecule has 0 aromatic carbocycles. The summed E-state index contributed by atoms with van der Waals surface area (Å²) in [6.45, 7) is 3.86. The highest BCUT2D eigenvalue weighted by molar-refractivity contribution is 5.72. The van der Waals surface area contributed by atoms with E-state index in [9.17, 15) is 9.59 Å². The van der Waals surface area contributed by atoms with E-state index >= 15 is 0 Å². The van der Waals surface area contributed by atoms with Crippen LogP contribution in [0.1, 0.15) is 117 Å². The van der Waals surface area contributed by atoms with Crippen molar-refractivity contribution in [2.24, 2.45) is 0 Å². The van der Waals surface area contributed by atoms with E-state index < -0.39 is 6.10 Å². The summed E-state index contributed by atoms with van der Waals surface area (Å²) in [7, 11) is 0. The third kappa shape index (κ3) is 17.5. The average molecular weight is 341 g/mol. The van der Waals surface area contributed by atoms with Gasteiger partial charge in [0.05, 0.1) is 0 Å². The van der Waals surface area contributed by atoms with Crippen LogP contribution in [0.25, 0.3) is 0 Å². The van der Waals surface area contributed by atoms with Gasteiger partial charge in [-0.15, -0.1) is 0 Å². The maximum atomic E-state index is 11.4. The van der Waals surface area contributed by atoms with Gasteiger partial charge in [0.15, 0.2) is 12.4 Å². The molecule has 0 saturated heterocycles. The summed E-state index contributed by atoms with van der Waals surface area (Å²) in [5.41, 5.74) is 0. The molecule has 3 heteroatoms. The Hall–Kier alpha value is -0.860. The van der Waals surface area contributed by atoms with Gasteiger partial charge in [0.1, 0.15) is 0 Å². The monoisotopic (exact) mass is 340 g/mol. The molecule has 0 bridgehead atoms. The van der Waals surface area contributed by atoms with E-state index in [1.54, 1.807) is 6.92 Å². The second-order valence-electron chi connectivity index (χ2n) is 7.03. The molecule has 0 radical (unpaired) electrons. The van der Waals surface area contributed by atoms with Crippen molar-refractivity contribution in [2.45, 2.75) is 123 Å². The zero-order chi connectivity index (χ0) is 17.9. The van der Waals surface area contributed by atoms with E-state index in [0.717, 1.165) is 12.8 Å². The number of esters is 1. The minimum Gasteiger partial charge on any atom is -0.455 e. The van der Waals surface area contributed by atoms with Gasteiger partial charge in [0, 0.05) is 6.42 Å². The van der Waals surface area contributed by atoms with Crippen LogP contribution in [-0.2, 0) is 14.3 Å². The van der Waals surface area contributed by atoms with Gasteiger partial charge in [-0.3, -0.25) is 9.59 Å². The second kappa shape index (κ2) is 18.5. The molecule has 0 aliphatic rings. The van der Waals surface area contributed by atoms with E-state index in [1.165, 1.54) is 83.5 Å². The van der Waals surface area contributed by atoms with Crippen LogP contribution < -0.4 is 0 Å². The van der Waals surface area contributed by atoms with E-state index in [0.29, 0.717) is 12.7 Å². The molecule has 0 heterocycles. The summed E-state index contributed by atoms with van der Waals surface area (Å²) in [5, 5.41) is 0. The number of aldehydes is 1. The van der Waals surface area contributed by atoms with Crippen molar-refractivity contribution >= 4 is 12.3 Å². The van der Waals surface area contributed by atoms with Crippen molar-refractivity contribution < 1.29 is 14.3 Å². The fourth-order valence-corrected chi connectivity index (χ4v) is 2.93. The van der Waals surface area contributed by atoms with Crippen molar-refractivity contribution in [1.82, 2.24) is 0 Å². The molecule has 24 heavy (non-hydrogen) atoms. The average Bonchev–Trinajstić information content (AvgIpc) is 2.58. The highest BCUT2D eigenvalue weighted by Gasteiger charge is 2.07. The summed E-state index contributed by atoms with van der Waals surface area (Å²) >= 11 is 0. The van der Waals surface area contributed by atoms with Gasteiger partial charge < -0.3 is 4.74 Å². The standard InChI is InChI=1S/C21H40O3/c1-3-4-5-6-7-8-9-10-11-12-13-14-15-16-17-18-21(23)24-20(2)19-22/h19-20H,3-18H2,1-2H3. The van der Waals surface area contributed by atoms with Crippen molar-refractivity contribution in [2.75, 3.05) is 0 Å². The maximum absolute atomic E-state index is 11.4. The molecule has 0 aromatic heterocycles. The first-order chi connectivity index (χ1) is 11.7. The number of hydrogen-bond acceptors (Lipinski definition) is 3. The van der Waals surface area contributed by atoms with E-state index in [2.05, 4.69) is 6.92 Å². The molecule has 0 N–H and O–H groups in total. The Morgan fingerprint density at radius 3 is 1.50 bits per heavy atom. The van der Waals surface area contributed by atoms with E-state index in [1.807, 2.05) is 0 Å². The summed E-state index contributed by atoms with van der Waals surface area (Å²) in [4.78, 5) is 21.7. The molecule has 0 aliphatic carbocycles. The van der Waals surface area contributed by atoms with Gasteiger partial charge in [-0.05, 0) is 13.3 Å².